The predicted octanol–water partition coefficient (Wildman–Crippen LogP) is 3.71. The maximum Gasteiger partial charge on any atom is 0.223 e. The summed E-state index contributed by atoms with van der Waals surface area (Å²) in [6.45, 7) is 5.28. The van der Waals surface area contributed by atoms with Crippen LogP contribution in [0.5, 0.6) is 0 Å². The molecule has 1 fully saturated rings. The van der Waals surface area contributed by atoms with Crippen LogP contribution in [0.25, 0.3) is 16.9 Å². The summed E-state index contributed by atoms with van der Waals surface area (Å²) in [6, 6.07) is 12.0. The van der Waals surface area contributed by atoms with Crippen LogP contribution in [0, 0.1) is 12.8 Å². The van der Waals surface area contributed by atoms with Crippen LogP contribution in [-0.4, -0.2) is 43.4 Å². The average molecular weight is 447 g/mol. The van der Waals surface area contributed by atoms with E-state index in [9.17, 15) is 4.79 Å². The number of amides is 1. The molecule has 8 heteroatoms. The lowest BCUT2D eigenvalue weighted by Crippen LogP contribution is -2.40. The van der Waals surface area contributed by atoms with Gasteiger partial charge >= 0.3 is 0 Å². The van der Waals surface area contributed by atoms with E-state index in [-0.39, 0.29) is 11.8 Å². The smallest absolute Gasteiger partial charge is 0.223 e. The highest BCUT2D eigenvalue weighted by Crippen LogP contribution is 2.20. The number of imidazole rings is 1. The van der Waals surface area contributed by atoms with Gasteiger partial charge in [0.2, 0.25) is 5.91 Å². The summed E-state index contributed by atoms with van der Waals surface area (Å²) in [6.07, 6.45) is 5.39. The molecule has 3 aromatic heterocycles. The first-order chi connectivity index (χ1) is 15.7. The molecule has 32 heavy (non-hydrogen) atoms. The Morgan fingerprint density at radius 3 is 2.75 bits per heavy atom. The van der Waals surface area contributed by atoms with Gasteiger partial charge in [-0.15, -0.1) is 11.3 Å². The van der Waals surface area contributed by atoms with E-state index in [0.29, 0.717) is 6.54 Å². The molecule has 164 valence electrons. The largest absolute Gasteiger partial charge is 0.352 e. The average Bonchev–Trinajstić information content (AvgIpc) is 3.44. The van der Waals surface area contributed by atoms with Crippen LogP contribution < -0.4 is 5.32 Å². The minimum absolute atomic E-state index is 0.0768. The van der Waals surface area contributed by atoms with Gasteiger partial charge in [0.25, 0.3) is 0 Å². The standard InChI is InChI=1S/C24H26N6OS/c1-17-28-20(15-32-17)14-29-10-8-19(9-11-29)24(31)26-13-18-6-7-23(25-12-18)30-16-27-21-4-2-3-5-22(21)30/h2-7,12,15-16,19H,8-11,13-14H2,1H3,(H,26,31). The Balaban J connectivity index is 1.12. The molecule has 0 aliphatic carbocycles. The van der Waals surface area contributed by atoms with Gasteiger partial charge in [-0.05, 0) is 56.6 Å². The van der Waals surface area contributed by atoms with Gasteiger partial charge in [0.1, 0.15) is 12.1 Å². The van der Waals surface area contributed by atoms with Crippen LogP contribution in [0.1, 0.15) is 29.1 Å². The van der Waals surface area contributed by atoms with Gasteiger partial charge in [0.15, 0.2) is 0 Å². The van der Waals surface area contributed by atoms with Crippen molar-refractivity contribution in [3.05, 3.63) is 70.6 Å². The Morgan fingerprint density at radius 2 is 2.00 bits per heavy atom. The maximum absolute atomic E-state index is 12.7. The third-order valence-corrected chi connectivity index (χ3v) is 6.81. The summed E-state index contributed by atoms with van der Waals surface area (Å²) in [5.74, 6) is 1.03. The molecule has 4 aromatic rings. The van der Waals surface area contributed by atoms with Gasteiger partial charge in [0, 0.05) is 30.6 Å². The van der Waals surface area contributed by atoms with E-state index < -0.39 is 0 Å². The van der Waals surface area contributed by atoms with E-state index in [1.165, 1.54) is 0 Å². The molecule has 1 aliphatic rings. The summed E-state index contributed by atoms with van der Waals surface area (Å²) in [7, 11) is 0. The van der Waals surface area contributed by atoms with Gasteiger partial charge in [-0.3, -0.25) is 14.3 Å². The third-order valence-electron chi connectivity index (χ3n) is 5.99. The van der Waals surface area contributed by atoms with Gasteiger partial charge in [-0.25, -0.2) is 15.0 Å². The van der Waals surface area contributed by atoms with Gasteiger partial charge in [0.05, 0.1) is 21.7 Å². The van der Waals surface area contributed by atoms with Gasteiger partial charge in [-0.2, -0.15) is 0 Å². The molecule has 4 heterocycles. The number of likely N-dealkylation sites (tertiary alicyclic amines) is 1. The molecule has 0 unspecified atom stereocenters. The summed E-state index contributed by atoms with van der Waals surface area (Å²) in [5.41, 5.74) is 4.09. The molecular formula is C24H26N6OS. The Labute approximate surface area is 191 Å². The monoisotopic (exact) mass is 446 g/mol. The second kappa shape index (κ2) is 9.18. The molecule has 0 atom stereocenters. The SMILES string of the molecule is Cc1nc(CN2CCC(C(=O)NCc3ccc(-n4cnc5ccccc54)nc3)CC2)cs1. The van der Waals surface area contributed by atoms with E-state index in [1.807, 2.05) is 54.1 Å². The Bertz CT molecular complexity index is 1210. The number of carbonyl (C=O) groups excluding carboxylic acids is 1. The minimum atomic E-state index is 0.0768. The van der Waals surface area contributed by atoms with Crippen molar-refractivity contribution in [2.24, 2.45) is 5.92 Å². The third kappa shape index (κ3) is 4.56. The summed E-state index contributed by atoms with van der Waals surface area (Å²) >= 11 is 1.69. The number of fused-ring (bicyclic) bond motifs is 1. The molecule has 5 rings (SSSR count). The number of thiazole rings is 1. The highest BCUT2D eigenvalue weighted by Gasteiger charge is 2.25. The second-order valence-electron chi connectivity index (χ2n) is 8.25. The van der Waals surface area contributed by atoms with E-state index in [4.69, 9.17) is 0 Å². The van der Waals surface area contributed by atoms with Crippen molar-refractivity contribution in [3.8, 4) is 5.82 Å². The highest BCUT2D eigenvalue weighted by atomic mass is 32.1. The normalized spacial score (nSPS) is 15.3. The van der Waals surface area contributed by atoms with Crippen molar-refractivity contribution in [2.75, 3.05) is 13.1 Å². The zero-order chi connectivity index (χ0) is 21.9. The van der Waals surface area contributed by atoms with E-state index in [2.05, 4.69) is 30.5 Å². The van der Waals surface area contributed by atoms with Crippen LogP contribution >= 0.6 is 11.3 Å². The van der Waals surface area contributed by atoms with Crippen LogP contribution in [0.15, 0.2) is 54.3 Å². The van der Waals surface area contributed by atoms with Gasteiger partial charge < -0.3 is 5.32 Å². The number of nitrogens with one attached hydrogen (secondary N) is 1. The number of benzene rings is 1. The van der Waals surface area contributed by atoms with E-state index in [1.54, 1.807) is 17.7 Å². The number of piperidine rings is 1. The van der Waals surface area contributed by atoms with Crippen molar-refractivity contribution >= 4 is 28.3 Å². The summed E-state index contributed by atoms with van der Waals surface area (Å²) in [5, 5.41) is 6.33. The van der Waals surface area contributed by atoms with Crippen molar-refractivity contribution in [2.45, 2.75) is 32.9 Å². The van der Waals surface area contributed by atoms with Crippen LogP contribution in [0.3, 0.4) is 0 Å². The predicted molar refractivity (Wildman–Crippen MR) is 126 cm³/mol. The topological polar surface area (TPSA) is 75.9 Å². The molecule has 0 radical (unpaired) electrons. The number of hydrogen-bond donors (Lipinski definition) is 1. The highest BCUT2D eigenvalue weighted by molar-refractivity contribution is 7.09. The van der Waals surface area contributed by atoms with Crippen molar-refractivity contribution in [1.82, 2.24) is 29.7 Å². The van der Waals surface area contributed by atoms with Crippen molar-refractivity contribution < 1.29 is 4.79 Å². The fourth-order valence-corrected chi connectivity index (χ4v) is 4.81. The van der Waals surface area contributed by atoms with Crippen molar-refractivity contribution in [1.29, 1.82) is 0 Å². The number of nitrogens with zero attached hydrogens (tertiary/aromatic N) is 5. The van der Waals surface area contributed by atoms with Crippen molar-refractivity contribution in [3.63, 3.8) is 0 Å². The molecule has 1 aliphatic heterocycles. The number of aryl methyl sites for hydroxylation is 1. The first-order valence-electron chi connectivity index (χ1n) is 10.9. The molecule has 1 aromatic carbocycles. The Hall–Kier alpha value is -3.10. The lowest BCUT2D eigenvalue weighted by molar-refractivity contribution is -0.126. The van der Waals surface area contributed by atoms with Crippen LogP contribution in [0.4, 0.5) is 0 Å². The van der Waals surface area contributed by atoms with Gasteiger partial charge in [-0.1, -0.05) is 18.2 Å². The maximum atomic E-state index is 12.7. The number of carbonyl (C=O) groups is 1. The Morgan fingerprint density at radius 1 is 1.16 bits per heavy atom. The fraction of sp³-hybridized carbons (Fsp3) is 0.333. The number of pyridine rings is 1. The first-order valence-corrected chi connectivity index (χ1v) is 11.8. The van der Waals surface area contributed by atoms with Crippen LogP contribution in [0.2, 0.25) is 0 Å². The number of para-hydroxylation sites is 2. The molecule has 7 nitrogen and oxygen atoms in total. The molecular weight excluding hydrogens is 420 g/mol. The van der Waals surface area contributed by atoms with E-state index in [0.717, 1.165) is 65.6 Å². The Kier molecular flexibility index (Phi) is 5.96. The molecule has 1 saturated heterocycles. The quantitative estimate of drug-likeness (QED) is 0.489. The number of aromatic nitrogens is 4. The number of hydrogen-bond acceptors (Lipinski definition) is 6. The molecule has 1 N–H and O–H groups in total. The minimum Gasteiger partial charge on any atom is -0.352 e. The molecule has 1 amide bonds. The number of rotatable bonds is 6. The zero-order valence-electron chi connectivity index (χ0n) is 18.1. The fourth-order valence-electron chi connectivity index (χ4n) is 4.20. The molecule has 0 spiro atoms. The summed E-state index contributed by atoms with van der Waals surface area (Å²) in [4.78, 5) is 28.6. The first kappa shape index (κ1) is 20.8. The lowest BCUT2D eigenvalue weighted by atomic mass is 9.95. The summed E-state index contributed by atoms with van der Waals surface area (Å²) < 4.78 is 1.97. The zero-order valence-corrected chi connectivity index (χ0v) is 18.9. The lowest BCUT2D eigenvalue weighted by Gasteiger charge is -2.30. The van der Waals surface area contributed by atoms with Crippen LogP contribution in [-0.2, 0) is 17.9 Å². The van der Waals surface area contributed by atoms with E-state index >= 15 is 0 Å². The second-order valence-corrected chi connectivity index (χ2v) is 9.32. The molecule has 0 saturated carbocycles. The molecule has 0 bridgehead atoms.